The number of amides is 2. The lowest BCUT2D eigenvalue weighted by Crippen LogP contribution is -2.51. The van der Waals surface area contributed by atoms with Gasteiger partial charge in [0.2, 0.25) is 0 Å². The average Bonchev–Trinajstić information content (AvgIpc) is 3.09. The molecule has 0 N–H and O–H groups in total. The quantitative estimate of drug-likeness (QED) is 0.284. The van der Waals surface area contributed by atoms with E-state index in [0.29, 0.717) is 42.5 Å². The van der Waals surface area contributed by atoms with Gasteiger partial charge in [0.15, 0.2) is 11.5 Å². The van der Waals surface area contributed by atoms with E-state index in [9.17, 15) is 22.8 Å². The number of carbonyl (C=O) groups is 2. The van der Waals surface area contributed by atoms with Crippen LogP contribution in [0.1, 0.15) is 83.0 Å². The van der Waals surface area contributed by atoms with Gasteiger partial charge >= 0.3 is 6.18 Å². The van der Waals surface area contributed by atoms with E-state index < -0.39 is 17.6 Å². The first-order valence-electron chi connectivity index (χ1n) is 17.4. The summed E-state index contributed by atoms with van der Waals surface area (Å²) in [6.07, 6.45) is 6.11. The Labute approximate surface area is 290 Å². The van der Waals surface area contributed by atoms with Crippen LogP contribution in [0.15, 0.2) is 48.8 Å². The van der Waals surface area contributed by atoms with Crippen LogP contribution in [0.5, 0.6) is 5.75 Å². The number of hydrogen-bond acceptors (Lipinski definition) is 7. The smallest absolute Gasteiger partial charge is 0.416 e. The third kappa shape index (κ3) is 7.28. The second kappa shape index (κ2) is 13.6. The summed E-state index contributed by atoms with van der Waals surface area (Å²) >= 11 is 0. The third-order valence-electron chi connectivity index (χ3n) is 10.7. The van der Waals surface area contributed by atoms with Gasteiger partial charge in [-0.25, -0.2) is 0 Å². The van der Waals surface area contributed by atoms with Gasteiger partial charge < -0.3 is 19.4 Å². The molecule has 4 aliphatic carbocycles. The summed E-state index contributed by atoms with van der Waals surface area (Å²) in [5.74, 6) is 8.47. The molecule has 5 aliphatic rings. The van der Waals surface area contributed by atoms with E-state index >= 15 is 0 Å². The zero-order valence-corrected chi connectivity index (χ0v) is 28.4. The second-order valence-electron chi connectivity index (χ2n) is 14.5. The van der Waals surface area contributed by atoms with Gasteiger partial charge in [-0.15, -0.1) is 10.2 Å². The fourth-order valence-corrected chi connectivity index (χ4v) is 9.05. The molecule has 5 fully saturated rings. The Kier molecular flexibility index (Phi) is 9.18. The predicted molar refractivity (Wildman–Crippen MR) is 181 cm³/mol. The summed E-state index contributed by atoms with van der Waals surface area (Å²) in [5, 5.41) is 8.62. The number of carbonyl (C=O) groups excluding carboxylic acids is 2. The number of hydrogen-bond donors (Lipinski definition) is 0. The SMILES string of the molecule is CCOc1cncc(C#Cc2cc(C(=O)N3CCN(c4ccc(C(=O)N(C)CC56CC7CC(CC(C7)C5)C6)nn4)CC3)cc(C(F)(F)F)c2)c1. The molecule has 0 unspecified atom stereocenters. The Morgan fingerprint density at radius 1 is 0.920 bits per heavy atom. The summed E-state index contributed by atoms with van der Waals surface area (Å²) < 4.78 is 47.0. The minimum absolute atomic E-state index is 0.0668. The molecule has 4 saturated carbocycles. The van der Waals surface area contributed by atoms with Gasteiger partial charge in [-0.1, -0.05) is 11.8 Å². The highest BCUT2D eigenvalue weighted by molar-refractivity contribution is 5.95. The Morgan fingerprint density at radius 3 is 2.22 bits per heavy atom. The lowest BCUT2D eigenvalue weighted by molar-refractivity contribution is -0.137. The molecular weight excluding hydrogens is 645 g/mol. The zero-order chi connectivity index (χ0) is 35.0. The molecule has 1 aliphatic heterocycles. The Balaban J connectivity index is 0.979. The number of halogens is 3. The molecule has 1 saturated heterocycles. The molecule has 4 bridgehead atoms. The topological polar surface area (TPSA) is 91.8 Å². The van der Waals surface area contributed by atoms with Crippen molar-refractivity contribution in [1.82, 2.24) is 25.0 Å². The van der Waals surface area contributed by atoms with Crippen molar-refractivity contribution in [2.24, 2.45) is 23.2 Å². The molecule has 3 heterocycles. The largest absolute Gasteiger partial charge is 0.492 e. The molecule has 3 aromatic rings. The lowest BCUT2D eigenvalue weighted by Gasteiger charge is -2.57. The first-order valence-corrected chi connectivity index (χ1v) is 17.4. The van der Waals surface area contributed by atoms with Crippen LogP contribution >= 0.6 is 0 Å². The number of ether oxygens (including phenoxy) is 1. The Hall–Kier alpha value is -4.66. The molecule has 0 radical (unpaired) electrons. The minimum atomic E-state index is -4.66. The maximum atomic E-state index is 13.8. The maximum Gasteiger partial charge on any atom is 0.416 e. The van der Waals surface area contributed by atoms with Crippen LogP contribution in [0.3, 0.4) is 0 Å². The number of nitrogens with zero attached hydrogens (tertiary/aromatic N) is 6. The van der Waals surface area contributed by atoms with Gasteiger partial charge in [0.05, 0.1) is 18.4 Å². The van der Waals surface area contributed by atoms with E-state index in [4.69, 9.17) is 4.74 Å². The van der Waals surface area contributed by atoms with Crippen molar-refractivity contribution in [3.05, 3.63) is 76.7 Å². The summed E-state index contributed by atoms with van der Waals surface area (Å²) in [6, 6.07) is 8.33. The first kappa shape index (κ1) is 33.8. The van der Waals surface area contributed by atoms with E-state index in [-0.39, 0.29) is 35.5 Å². The van der Waals surface area contributed by atoms with Crippen molar-refractivity contribution >= 4 is 17.6 Å². The summed E-state index contributed by atoms with van der Waals surface area (Å²) in [5.41, 5.74) is 0.0527. The Morgan fingerprint density at radius 2 is 1.60 bits per heavy atom. The van der Waals surface area contributed by atoms with Crippen molar-refractivity contribution in [3.63, 3.8) is 0 Å². The standard InChI is InChI=1S/C38H41F3N6O3/c1-3-50-32-17-26(22-42-23-32)5-4-25-15-30(18-31(16-25)38(39,40)41)35(48)47-10-8-46(9-11-47)34-7-6-33(43-44-34)36(49)45(2)24-37-19-27-12-28(20-37)14-29(13-27)21-37/h6-7,15-18,22-23,27-29H,3,8-14,19-21,24H2,1-2H3. The van der Waals surface area contributed by atoms with Crippen LogP contribution in [-0.2, 0) is 6.18 Å². The molecule has 0 atom stereocenters. The van der Waals surface area contributed by atoms with Crippen LogP contribution in [0.4, 0.5) is 19.0 Å². The molecule has 9 nitrogen and oxygen atoms in total. The van der Waals surface area contributed by atoms with Crippen molar-refractivity contribution < 1.29 is 27.5 Å². The molecule has 262 valence electrons. The van der Waals surface area contributed by atoms with Gasteiger partial charge in [-0.3, -0.25) is 14.6 Å². The van der Waals surface area contributed by atoms with E-state index in [2.05, 4.69) is 27.0 Å². The fourth-order valence-electron chi connectivity index (χ4n) is 9.05. The van der Waals surface area contributed by atoms with E-state index in [1.165, 1.54) is 61.9 Å². The predicted octanol–water partition coefficient (Wildman–Crippen LogP) is 5.94. The van der Waals surface area contributed by atoms with Gasteiger partial charge in [-0.05, 0) is 105 Å². The zero-order valence-electron chi connectivity index (χ0n) is 28.4. The van der Waals surface area contributed by atoms with Crippen molar-refractivity contribution in [2.75, 3.05) is 51.3 Å². The van der Waals surface area contributed by atoms with Gasteiger partial charge in [0.25, 0.3) is 11.8 Å². The average molecular weight is 687 g/mol. The summed E-state index contributed by atoms with van der Waals surface area (Å²) in [7, 11) is 1.87. The Bertz CT molecular complexity index is 1780. The number of aromatic nitrogens is 3. The first-order chi connectivity index (χ1) is 24.0. The number of rotatable bonds is 7. The lowest BCUT2D eigenvalue weighted by atomic mass is 9.49. The summed E-state index contributed by atoms with van der Waals surface area (Å²) in [4.78, 5) is 36.2. The molecule has 12 heteroatoms. The van der Waals surface area contributed by atoms with Crippen molar-refractivity contribution in [2.45, 2.75) is 51.6 Å². The highest BCUT2D eigenvalue weighted by atomic mass is 19.4. The molecule has 0 spiro atoms. The van der Waals surface area contributed by atoms with Crippen molar-refractivity contribution in [3.8, 4) is 17.6 Å². The highest BCUT2D eigenvalue weighted by Crippen LogP contribution is 2.60. The van der Waals surface area contributed by atoms with Gasteiger partial charge in [-0.2, -0.15) is 13.2 Å². The van der Waals surface area contributed by atoms with Crippen LogP contribution in [0, 0.1) is 35.0 Å². The van der Waals surface area contributed by atoms with Gasteiger partial charge in [0.1, 0.15) is 5.75 Å². The fraction of sp³-hybridized carbons (Fsp3) is 0.500. The number of piperazine rings is 1. The minimum Gasteiger partial charge on any atom is -0.492 e. The van der Waals surface area contributed by atoms with Crippen molar-refractivity contribution in [1.29, 1.82) is 0 Å². The van der Waals surface area contributed by atoms with E-state index in [1.54, 1.807) is 18.2 Å². The molecule has 8 rings (SSSR count). The van der Waals surface area contributed by atoms with E-state index in [0.717, 1.165) is 36.4 Å². The highest BCUT2D eigenvalue weighted by Gasteiger charge is 2.51. The summed E-state index contributed by atoms with van der Waals surface area (Å²) in [6.45, 7) is 4.41. The molecular formula is C38H41F3N6O3. The molecule has 2 aromatic heterocycles. The number of pyridine rings is 1. The number of anilines is 1. The second-order valence-corrected chi connectivity index (χ2v) is 14.5. The normalized spacial score (nSPS) is 24.1. The van der Waals surface area contributed by atoms with Crippen LogP contribution in [0.25, 0.3) is 0 Å². The van der Waals surface area contributed by atoms with E-state index in [1.807, 2.05) is 23.8 Å². The maximum absolute atomic E-state index is 13.8. The third-order valence-corrected chi connectivity index (χ3v) is 10.7. The molecule has 1 aromatic carbocycles. The molecule has 2 amide bonds. The van der Waals surface area contributed by atoms with Gasteiger partial charge in [0, 0.05) is 62.7 Å². The monoisotopic (exact) mass is 686 g/mol. The number of benzene rings is 1. The van der Waals surface area contributed by atoms with Crippen LogP contribution in [0.2, 0.25) is 0 Å². The van der Waals surface area contributed by atoms with Crippen LogP contribution in [-0.4, -0.2) is 83.2 Å². The molecule has 50 heavy (non-hydrogen) atoms. The van der Waals surface area contributed by atoms with Crippen LogP contribution < -0.4 is 9.64 Å². The number of alkyl halides is 3.